The number of carboxylic acids is 2. The molecule has 10 atom stereocenters. The van der Waals surface area contributed by atoms with Crippen molar-refractivity contribution < 1.29 is 121 Å². The number of hydrogen-bond acceptors (Lipinski definition) is 26. The summed E-state index contributed by atoms with van der Waals surface area (Å²) in [6.07, 6.45) is -6.29. The van der Waals surface area contributed by atoms with Crippen LogP contribution in [0, 0.1) is 5.92 Å². The second-order valence-electron chi connectivity index (χ2n) is 19.2. The van der Waals surface area contributed by atoms with E-state index in [2.05, 4.69) is 20.1 Å². The molecule has 0 aromatic heterocycles. The van der Waals surface area contributed by atoms with Crippen LogP contribution >= 0.6 is 0 Å². The number of nitrogens with two attached hydrogens (primary N) is 5. The van der Waals surface area contributed by atoms with E-state index in [9.17, 15) is 59.4 Å². The lowest BCUT2D eigenvalue weighted by molar-refractivity contribution is -0.159. The summed E-state index contributed by atoms with van der Waals surface area (Å²) in [5, 5.41) is 62.9. The van der Waals surface area contributed by atoms with E-state index in [0.717, 1.165) is 13.0 Å². The summed E-state index contributed by atoms with van der Waals surface area (Å²) in [4.78, 5) is 89.2. The lowest BCUT2D eigenvalue weighted by atomic mass is 9.87. The molecule has 17 N–H and O–H groups in total. The fraction of sp³-hybridized carbons (Fsp3) is 0.769. The second-order valence-corrected chi connectivity index (χ2v) is 19.2. The number of aliphatic imine (C=N–C) groups is 2. The predicted octanol–water partition coefficient (Wildman–Crippen LogP) is -5.44. The number of nitrogens with one attached hydrogen (secondary N) is 1. The van der Waals surface area contributed by atoms with Gasteiger partial charge in [0.2, 0.25) is 23.3 Å². The summed E-state index contributed by atoms with van der Waals surface area (Å²) < 4.78 is 66.9. The molecule has 2 amide bonds. The van der Waals surface area contributed by atoms with Crippen molar-refractivity contribution in [1.82, 2.24) is 10.2 Å². The van der Waals surface area contributed by atoms with E-state index in [1.54, 1.807) is 6.92 Å². The van der Waals surface area contributed by atoms with Crippen LogP contribution in [-0.2, 0) is 90.4 Å². The largest absolute Gasteiger partial charge is 0.480 e. The van der Waals surface area contributed by atoms with Crippen LogP contribution in [-0.4, -0.2) is 289 Å². The first kappa shape index (κ1) is 76.3. The van der Waals surface area contributed by atoms with Crippen molar-refractivity contribution in [2.24, 2.45) is 44.7 Å². The molecule has 0 saturated heterocycles. The quantitative estimate of drug-likeness (QED) is 0.0117. The van der Waals surface area contributed by atoms with E-state index in [0.29, 0.717) is 66.1 Å². The van der Waals surface area contributed by atoms with Crippen LogP contribution in [0.2, 0.25) is 0 Å². The fourth-order valence-corrected chi connectivity index (χ4v) is 8.27. The number of aliphatic carboxylic acids is 2. The number of aliphatic hydroxyl groups excluding tert-OH is 4. The summed E-state index contributed by atoms with van der Waals surface area (Å²) in [5.74, 6) is -2.36. The number of rotatable bonds is 52. The molecular formula is C52H91N9O25. The Kier molecular flexibility index (Phi) is 40.3. The minimum Gasteiger partial charge on any atom is -0.480 e. The van der Waals surface area contributed by atoms with E-state index in [-0.39, 0.29) is 103 Å². The van der Waals surface area contributed by atoms with Crippen molar-refractivity contribution >= 4 is 47.2 Å². The number of carbonyl (C=O) groups excluding carboxylic acids is 4. The van der Waals surface area contributed by atoms with Gasteiger partial charge < -0.3 is 125 Å². The van der Waals surface area contributed by atoms with Gasteiger partial charge in [-0.15, -0.1) is 0 Å². The maximum Gasteiger partial charge on any atom is 0.370 e. The first-order valence-corrected chi connectivity index (χ1v) is 28.0. The van der Waals surface area contributed by atoms with Gasteiger partial charge in [0.25, 0.3) is 0 Å². The monoisotopic (exact) mass is 1240 g/mol. The lowest BCUT2D eigenvalue weighted by Gasteiger charge is -2.40. The molecule has 0 bridgehead atoms. The summed E-state index contributed by atoms with van der Waals surface area (Å²) in [6.45, 7) is 4.75. The molecule has 0 radical (unpaired) electrons. The molecule has 34 nitrogen and oxygen atoms in total. The summed E-state index contributed by atoms with van der Waals surface area (Å²) >= 11 is 0. The van der Waals surface area contributed by atoms with Gasteiger partial charge in [0, 0.05) is 52.0 Å². The third-order valence-electron chi connectivity index (χ3n) is 12.5. The standard InChI is InChI=1S/C52H91N9O25/c1-33-37(59-51(53)54)27-41(49(70)71)85-45(33)46(39(67)29-62)82-31-35(65)5-3-10-74-13-8-61(43(69)7-12-76-15-16-77-17-18-78-19-20-79-21-22-80-23-24-81-25-26-84-57)9-14-75-11-4-6-36(66)32-83-47(40(68)30-63)48-44(58-34(2)64)38(60-52(55)56)28-42(86-48)50(72)73/h27-28,33,37-40,44-48,62-63,67-68H,3-26,29-32,57H2,1-2H3,(H,58,64)(H,70,71)(H,72,73)(H4,53,54,59)(H4,55,56,60)/t33-,37+,38+,39-,40-,44-,45-,46-,47-,48-/m1/s1. The summed E-state index contributed by atoms with van der Waals surface area (Å²) in [7, 11) is 0. The van der Waals surface area contributed by atoms with Crippen molar-refractivity contribution in [2.75, 3.05) is 152 Å². The van der Waals surface area contributed by atoms with Gasteiger partial charge in [-0.2, -0.15) is 0 Å². The van der Waals surface area contributed by atoms with Crippen molar-refractivity contribution in [2.45, 2.75) is 101 Å². The predicted molar refractivity (Wildman–Crippen MR) is 299 cm³/mol. The molecule has 494 valence electrons. The zero-order valence-corrected chi connectivity index (χ0v) is 48.9. The Balaban J connectivity index is 1.90. The molecule has 0 aromatic carbocycles. The van der Waals surface area contributed by atoms with Gasteiger partial charge >= 0.3 is 11.9 Å². The molecule has 2 aliphatic rings. The Morgan fingerprint density at radius 3 is 1.36 bits per heavy atom. The molecule has 0 saturated carbocycles. The molecule has 0 aromatic rings. The zero-order valence-electron chi connectivity index (χ0n) is 48.9. The number of aliphatic hydroxyl groups is 4. The smallest absolute Gasteiger partial charge is 0.370 e. The van der Waals surface area contributed by atoms with E-state index < -0.39 is 134 Å². The number of carbonyl (C=O) groups is 6. The third kappa shape index (κ3) is 32.3. The Hall–Kier alpha value is -5.80. The number of Topliss-reactive ketones (excluding diaryl/α,β-unsaturated/α-hetero) is 2. The van der Waals surface area contributed by atoms with Crippen LogP contribution in [0.1, 0.15) is 46.0 Å². The van der Waals surface area contributed by atoms with Crippen molar-refractivity contribution in [3.05, 3.63) is 23.7 Å². The van der Waals surface area contributed by atoms with Crippen LogP contribution in [0.5, 0.6) is 0 Å². The van der Waals surface area contributed by atoms with Gasteiger partial charge in [-0.25, -0.2) is 25.5 Å². The van der Waals surface area contributed by atoms with Crippen molar-refractivity contribution in [3.8, 4) is 0 Å². The maximum atomic E-state index is 13.4. The molecule has 86 heavy (non-hydrogen) atoms. The molecule has 2 heterocycles. The normalized spacial score (nSPS) is 19.8. The van der Waals surface area contributed by atoms with Gasteiger partial charge in [0.05, 0.1) is 137 Å². The highest BCUT2D eigenvalue weighted by Gasteiger charge is 2.46. The van der Waals surface area contributed by atoms with Gasteiger partial charge in [-0.1, -0.05) is 6.92 Å². The number of carboxylic acid groups (broad SMARTS) is 2. The first-order chi connectivity index (χ1) is 41.2. The van der Waals surface area contributed by atoms with E-state index >= 15 is 0 Å². The van der Waals surface area contributed by atoms with Crippen LogP contribution in [0.25, 0.3) is 0 Å². The highest BCUT2D eigenvalue weighted by atomic mass is 16.6. The summed E-state index contributed by atoms with van der Waals surface area (Å²) in [5.41, 5.74) is 22.2. The zero-order chi connectivity index (χ0) is 63.7. The molecule has 0 fully saturated rings. The SMILES string of the molecule is CC(=O)N[C@H]1[C@H]([C@H](OCC(=O)CCCOCCN(CCOCCCC(=O)CO[C@@H]([C@@H]2OC(C(=O)O)=C[C@H](N=C(N)N)[C@H]2C)[C@H](O)CO)C(=O)CCOCCOCCOCCOCCOCCOCCON)[C@H](O)CO)OC(C(=O)O)=C[C@@H]1N=C(N)N. The average Bonchev–Trinajstić information content (AvgIpc) is 1.24. The molecule has 0 aliphatic carbocycles. The second kappa shape index (κ2) is 45.5. The lowest BCUT2D eigenvalue weighted by Crippen LogP contribution is -2.60. The molecular weight excluding hydrogens is 1150 g/mol. The van der Waals surface area contributed by atoms with Gasteiger partial charge in [0.1, 0.15) is 43.7 Å². The first-order valence-electron chi connectivity index (χ1n) is 28.0. The van der Waals surface area contributed by atoms with Crippen LogP contribution < -0.4 is 34.1 Å². The van der Waals surface area contributed by atoms with Gasteiger partial charge in [-0.3, -0.25) is 19.2 Å². The van der Waals surface area contributed by atoms with Crippen molar-refractivity contribution in [1.29, 1.82) is 0 Å². The molecule has 2 rings (SSSR count). The molecule has 34 heteroatoms. The Bertz CT molecular complexity index is 2100. The van der Waals surface area contributed by atoms with Gasteiger partial charge in [-0.05, 0) is 25.0 Å². The minimum atomic E-state index is -1.72. The Labute approximate surface area is 498 Å². The Morgan fingerprint density at radius 1 is 0.570 bits per heavy atom. The topological polar surface area (TPSA) is 514 Å². The number of hydrogen-bond donors (Lipinski definition) is 12. The molecule has 0 spiro atoms. The maximum absolute atomic E-state index is 13.4. The highest BCUT2D eigenvalue weighted by molar-refractivity contribution is 5.86. The van der Waals surface area contributed by atoms with Crippen LogP contribution in [0.15, 0.2) is 33.7 Å². The fourth-order valence-electron chi connectivity index (χ4n) is 8.27. The Morgan fingerprint density at radius 2 is 0.953 bits per heavy atom. The number of ether oxygens (including phenoxy) is 12. The average molecular weight is 1240 g/mol. The van der Waals surface area contributed by atoms with Crippen molar-refractivity contribution in [3.63, 3.8) is 0 Å². The molecule has 0 unspecified atom stereocenters. The van der Waals surface area contributed by atoms with E-state index in [1.165, 1.54) is 11.0 Å². The number of nitrogens with zero attached hydrogens (tertiary/aromatic N) is 3. The highest BCUT2D eigenvalue weighted by Crippen LogP contribution is 2.31. The number of amides is 2. The van der Waals surface area contributed by atoms with E-state index in [1.807, 2.05) is 0 Å². The number of guanidine groups is 2. The minimum absolute atomic E-state index is 0.000930. The van der Waals surface area contributed by atoms with Crippen LogP contribution in [0.3, 0.4) is 0 Å². The number of ketones is 2. The van der Waals surface area contributed by atoms with E-state index in [4.69, 9.17) is 85.7 Å². The third-order valence-corrected chi connectivity index (χ3v) is 12.5. The molecule has 2 aliphatic heterocycles. The van der Waals surface area contributed by atoms with Gasteiger partial charge in [0.15, 0.2) is 29.6 Å². The van der Waals surface area contributed by atoms with Crippen LogP contribution in [0.4, 0.5) is 0 Å². The summed E-state index contributed by atoms with van der Waals surface area (Å²) in [6, 6.07) is -3.28.